The number of aromatic carboxylic acids is 1. The fourth-order valence-corrected chi connectivity index (χ4v) is 1.98. The third-order valence-corrected chi connectivity index (χ3v) is 2.97. The summed E-state index contributed by atoms with van der Waals surface area (Å²) < 4.78 is 18.0. The second kappa shape index (κ2) is 4.98. The van der Waals surface area contributed by atoms with Gasteiger partial charge in [-0.1, -0.05) is 16.8 Å². The van der Waals surface area contributed by atoms with Gasteiger partial charge in [-0.05, 0) is 18.2 Å². The van der Waals surface area contributed by atoms with Gasteiger partial charge in [-0.25, -0.2) is 14.2 Å². The van der Waals surface area contributed by atoms with Crippen molar-refractivity contribution in [1.29, 1.82) is 0 Å². The Kier molecular flexibility index (Phi) is 3.15. The second-order valence-electron chi connectivity index (χ2n) is 3.98. The van der Waals surface area contributed by atoms with Gasteiger partial charge in [0.15, 0.2) is 5.69 Å². The third kappa shape index (κ3) is 2.36. The van der Waals surface area contributed by atoms with Crippen molar-refractivity contribution in [2.75, 3.05) is 0 Å². The lowest BCUT2D eigenvalue weighted by molar-refractivity contribution is 0.0691. The number of halogens is 2. The number of aromatic amines is 1. The first kappa shape index (κ1) is 13.3. The van der Waals surface area contributed by atoms with E-state index < -0.39 is 11.8 Å². The van der Waals surface area contributed by atoms with Crippen LogP contribution in [0.4, 0.5) is 4.39 Å². The molecule has 0 fully saturated rings. The van der Waals surface area contributed by atoms with Gasteiger partial charge in [-0.15, -0.1) is 0 Å². The summed E-state index contributed by atoms with van der Waals surface area (Å²) in [7, 11) is 0. The highest BCUT2D eigenvalue weighted by atomic mass is 35.5. The van der Waals surface area contributed by atoms with Crippen molar-refractivity contribution in [2.24, 2.45) is 0 Å². The number of hydrogen-bond donors (Lipinski definition) is 2. The summed E-state index contributed by atoms with van der Waals surface area (Å²) >= 11 is 5.90. The molecular formula is C12H6ClFN4O3. The van der Waals surface area contributed by atoms with Gasteiger partial charge in [0, 0.05) is 5.56 Å². The molecule has 0 amide bonds. The van der Waals surface area contributed by atoms with Crippen LogP contribution in [0.15, 0.2) is 29.0 Å². The molecule has 106 valence electrons. The van der Waals surface area contributed by atoms with E-state index in [1.807, 2.05) is 0 Å². The zero-order chi connectivity index (χ0) is 15.0. The summed E-state index contributed by atoms with van der Waals surface area (Å²) in [5.74, 6) is -1.67. The fourth-order valence-electron chi connectivity index (χ4n) is 1.72. The van der Waals surface area contributed by atoms with E-state index in [1.165, 1.54) is 18.5 Å². The van der Waals surface area contributed by atoms with Gasteiger partial charge in [0.05, 0.1) is 11.3 Å². The Balaban J connectivity index is 2.04. The Labute approximate surface area is 121 Å². The number of nitrogens with zero attached hydrogens (tertiary/aromatic N) is 3. The predicted molar refractivity (Wildman–Crippen MR) is 69.2 cm³/mol. The molecule has 0 bridgehead atoms. The van der Waals surface area contributed by atoms with E-state index in [1.54, 1.807) is 0 Å². The minimum Gasteiger partial charge on any atom is -0.476 e. The Morgan fingerprint density at radius 2 is 2.24 bits per heavy atom. The summed E-state index contributed by atoms with van der Waals surface area (Å²) in [4.78, 5) is 21.3. The number of carboxylic acids is 1. The van der Waals surface area contributed by atoms with Gasteiger partial charge in [0.1, 0.15) is 11.5 Å². The van der Waals surface area contributed by atoms with E-state index in [0.29, 0.717) is 5.56 Å². The highest BCUT2D eigenvalue weighted by Crippen LogP contribution is 2.28. The van der Waals surface area contributed by atoms with Crippen LogP contribution >= 0.6 is 11.6 Å². The molecule has 0 saturated carbocycles. The quantitative estimate of drug-likeness (QED) is 0.770. The van der Waals surface area contributed by atoms with Crippen molar-refractivity contribution in [1.82, 2.24) is 20.1 Å². The van der Waals surface area contributed by atoms with E-state index in [4.69, 9.17) is 21.2 Å². The van der Waals surface area contributed by atoms with E-state index >= 15 is 0 Å². The predicted octanol–water partition coefficient (Wildman–Crippen LogP) is 2.62. The molecule has 0 spiro atoms. The van der Waals surface area contributed by atoms with Crippen LogP contribution < -0.4 is 0 Å². The number of carbonyl (C=O) groups is 1. The Bertz CT molecular complexity index is 830. The van der Waals surface area contributed by atoms with Crippen LogP contribution in [0.2, 0.25) is 5.02 Å². The fraction of sp³-hybridized carbons (Fsp3) is 0. The molecule has 2 N–H and O–H groups in total. The van der Waals surface area contributed by atoms with Crippen LogP contribution in [0, 0.1) is 5.82 Å². The average Bonchev–Trinajstić information content (AvgIpc) is 3.06. The molecule has 3 rings (SSSR count). The molecule has 0 atom stereocenters. The normalized spacial score (nSPS) is 10.8. The van der Waals surface area contributed by atoms with E-state index in [9.17, 15) is 9.18 Å². The molecule has 0 aliphatic carbocycles. The molecule has 0 unspecified atom stereocenters. The minimum absolute atomic E-state index is 0.0553. The van der Waals surface area contributed by atoms with Gasteiger partial charge in [-0.2, -0.15) is 4.98 Å². The lowest BCUT2D eigenvalue weighted by atomic mass is 10.2. The molecule has 1 aromatic carbocycles. The first-order valence-corrected chi connectivity index (χ1v) is 6.00. The van der Waals surface area contributed by atoms with Crippen LogP contribution in [0.1, 0.15) is 10.5 Å². The van der Waals surface area contributed by atoms with Crippen molar-refractivity contribution < 1.29 is 18.8 Å². The number of nitrogens with one attached hydrogen (secondary N) is 1. The van der Waals surface area contributed by atoms with E-state index in [-0.39, 0.29) is 28.1 Å². The zero-order valence-electron chi connectivity index (χ0n) is 10.2. The van der Waals surface area contributed by atoms with Crippen LogP contribution in [0.25, 0.3) is 23.0 Å². The monoisotopic (exact) mass is 308 g/mol. The van der Waals surface area contributed by atoms with Crippen LogP contribution in [0.3, 0.4) is 0 Å². The maximum atomic E-state index is 13.0. The maximum Gasteiger partial charge on any atom is 0.356 e. The van der Waals surface area contributed by atoms with Crippen molar-refractivity contribution in [3.8, 4) is 23.0 Å². The zero-order valence-corrected chi connectivity index (χ0v) is 10.9. The van der Waals surface area contributed by atoms with Crippen molar-refractivity contribution in [3.63, 3.8) is 0 Å². The summed E-state index contributed by atoms with van der Waals surface area (Å²) in [5.41, 5.74) is 0.208. The molecule has 3 aromatic rings. The van der Waals surface area contributed by atoms with Crippen molar-refractivity contribution >= 4 is 17.6 Å². The minimum atomic E-state index is -1.23. The topological polar surface area (TPSA) is 105 Å². The Morgan fingerprint density at radius 1 is 1.43 bits per heavy atom. The summed E-state index contributed by atoms with van der Waals surface area (Å²) in [6, 6.07) is 3.72. The maximum absolute atomic E-state index is 13.0. The van der Waals surface area contributed by atoms with Gasteiger partial charge in [-0.3, -0.25) is 0 Å². The highest BCUT2D eigenvalue weighted by Gasteiger charge is 2.21. The standard InChI is InChI=1S/C12H6ClFN4O3/c13-7-3-5(14)1-2-6(7)10-17-11(21-18-10)8-9(12(19)20)16-4-15-8/h1-4H,(H,15,16)(H,19,20). The molecule has 7 nitrogen and oxygen atoms in total. The lowest BCUT2D eigenvalue weighted by Crippen LogP contribution is -1.99. The van der Waals surface area contributed by atoms with Gasteiger partial charge < -0.3 is 14.6 Å². The third-order valence-electron chi connectivity index (χ3n) is 2.65. The molecule has 9 heteroatoms. The number of hydrogen-bond acceptors (Lipinski definition) is 5. The van der Waals surface area contributed by atoms with E-state index in [2.05, 4.69) is 20.1 Å². The van der Waals surface area contributed by atoms with Crippen LogP contribution in [-0.2, 0) is 0 Å². The summed E-state index contributed by atoms with van der Waals surface area (Å²) in [5, 5.41) is 12.8. The number of carboxylic acid groups (broad SMARTS) is 1. The molecule has 2 aromatic heterocycles. The number of rotatable bonds is 3. The highest BCUT2D eigenvalue weighted by molar-refractivity contribution is 6.33. The van der Waals surface area contributed by atoms with Crippen LogP contribution in [-0.4, -0.2) is 31.2 Å². The molecule has 0 radical (unpaired) electrons. The van der Waals surface area contributed by atoms with Crippen molar-refractivity contribution in [2.45, 2.75) is 0 Å². The van der Waals surface area contributed by atoms with Gasteiger partial charge >= 0.3 is 5.97 Å². The molecular weight excluding hydrogens is 303 g/mol. The molecule has 0 aliphatic heterocycles. The first-order chi connectivity index (χ1) is 10.1. The molecule has 0 saturated heterocycles. The van der Waals surface area contributed by atoms with Crippen molar-refractivity contribution in [3.05, 3.63) is 41.1 Å². The number of aromatic nitrogens is 4. The Hall–Kier alpha value is -2.74. The summed E-state index contributed by atoms with van der Waals surface area (Å²) in [6.07, 6.45) is 1.20. The smallest absolute Gasteiger partial charge is 0.356 e. The average molecular weight is 309 g/mol. The lowest BCUT2D eigenvalue weighted by Gasteiger charge is -1.97. The molecule has 0 aliphatic rings. The molecule has 21 heavy (non-hydrogen) atoms. The first-order valence-electron chi connectivity index (χ1n) is 5.62. The largest absolute Gasteiger partial charge is 0.476 e. The molecule has 2 heterocycles. The number of H-pyrrole nitrogens is 1. The SMILES string of the molecule is O=C(O)c1nc[nH]c1-c1nc(-c2ccc(F)cc2Cl)no1. The van der Waals surface area contributed by atoms with Gasteiger partial charge in [0.2, 0.25) is 5.82 Å². The van der Waals surface area contributed by atoms with Gasteiger partial charge in [0.25, 0.3) is 5.89 Å². The summed E-state index contributed by atoms with van der Waals surface area (Å²) in [6.45, 7) is 0. The Morgan fingerprint density at radius 3 is 2.95 bits per heavy atom. The van der Waals surface area contributed by atoms with E-state index in [0.717, 1.165) is 6.07 Å². The second-order valence-corrected chi connectivity index (χ2v) is 4.39. The number of imidazole rings is 1. The van der Waals surface area contributed by atoms with Crippen LogP contribution in [0.5, 0.6) is 0 Å². The number of benzene rings is 1.